The molecular weight excluding hydrogens is 318 g/mol. The number of ether oxygens (including phenoxy) is 1. The van der Waals surface area contributed by atoms with Crippen LogP contribution in [0.3, 0.4) is 0 Å². The summed E-state index contributed by atoms with van der Waals surface area (Å²) >= 11 is 3.46. The lowest BCUT2D eigenvalue weighted by atomic mass is 10.1. The first-order chi connectivity index (χ1) is 9.69. The molecule has 0 atom stereocenters. The van der Waals surface area contributed by atoms with Gasteiger partial charge in [-0.15, -0.1) is 0 Å². The van der Waals surface area contributed by atoms with E-state index in [1.54, 1.807) is 7.11 Å². The van der Waals surface area contributed by atoms with Crippen LogP contribution < -0.4 is 10.1 Å². The van der Waals surface area contributed by atoms with Gasteiger partial charge in [-0.1, -0.05) is 46.3 Å². The van der Waals surface area contributed by atoms with Crippen LogP contribution in [0.4, 0.5) is 0 Å². The molecule has 0 unspecified atom stereocenters. The van der Waals surface area contributed by atoms with Crippen LogP contribution in [0.2, 0.25) is 0 Å². The molecule has 0 heterocycles. The lowest BCUT2D eigenvalue weighted by molar-refractivity contribution is -0.120. The summed E-state index contributed by atoms with van der Waals surface area (Å²) in [6.07, 6.45) is 0.349. The lowest BCUT2D eigenvalue weighted by Crippen LogP contribution is -2.24. The van der Waals surface area contributed by atoms with E-state index < -0.39 is 0 Å². The molecule has 104 valence electrons. The summed E-state index contributed by atoms with van der Waals surface area (Å²) < 4.78 is 6.15. The number of amides is 1. The average Bonchev–Trinajstić information content (AvgIpc) is 2.46. The zero-order valence-electron chi connectivity index (χ0n) is 11.2. The van der Waals surface area contributed by atoms with Crippen LogP contribution in [0.1, 0.15) is 11.1 Å². The Morgan fingerprint density at radius 3 is 2.75 bits per heavy atom. The van der Waals surface area contributed by atoms with Gasteiger partial charge in [-0.2, -0.15) is 0 Å². The standard InChI is InChI=1S/C16H16BrNO2/c1-20-14-7-4-5-12(9-14)10-16(19)18-11-13-6-2-3-8-15(13)17/h2-9H,10-11H2,1H3,(H,18,19). The van der Waals surface area contributed by atoms with Crippen LogP contribution in [-0.4, -0.2) is 13.0 Å². The van der Waals surface area contributed by atoms with Gasteiger partial charge >= 0.3 is 0 Å². The molecule has 0 aliphatic carbocycles. The van der Waals surface area contributed by atoms with Gasteiger partial charge in [-0.25, -0.2) is 0 Å². The molecule has 0 fully saturated rings. The fraction of sp³-hybridized carbons (Fsp3) is 0.188. The number of methoxy groups -OCH3 is 1. The van der Waals surface area contributed by atoms with E-state index in [2.05, 4.69) is 21.2 Å². The first-order valence-corrected chi connectivity index (χ1v) is 7.11. The van der Waals surface area contributed by atoms with E-state index in [1.165, 1.54) is 0 Å². The van der Waals surface area contributed by atoms with Crippen molar-refractivity contribution >= 4 is 21.8 Å². The van der Waals surface area contributed by atoms with Gasteiger partial charge in [0.25, 0.3) is 0 Å². The summed E-state index contributed by atoms with van der Waals surface area (Å²) in [5, 5.41) is 2.92. The second-order valence-corrected chi connectivity index (χ2v) is 5.25. The van der Waals surface area contributed by atoms with Crippen molar-refractivity contribution in [3.8, 4) is 5.75 Å². The summed E-state index contributed by atoms with van der Waals surface area (Å²) in [7, 11) is 1.62. The van der Waals surface area contributed by atoms with Gasteiger partial charge in [0.15, 0.2) is 0 Å². The van der Waals surface area contributed by atoms with Crippen molar-refractivity contribution in [3.05, 3.63) is 64.1 Å². The minimum absolute atomic E-state index is 0.00555. The van der Waals surface area contributed by atoms with E-state index in [0.29, 0.717) is 13.0 Å². The largest absolute Gasteiger partial charge is 0.497 e. The van der Waals surface area contributed by atoms with Crippen LogP contribution >= 0.6 is 15.9 Å². The molecule has 0 radical (unpaired) electrons. The Balaban J connectivity index is 1.91. The average molecular weight is 334 g/mol. The van der Waals surface area contributed by atoms with Gasteiger partial charge in [-0.3, -0.25) is 4.79 Å². The number of rotatable bonds is 5. The fourth-order valence-corrected chi connectivity index (χ4v) is 2.29. The molecule has 2 aromatic rings. The molecule has 0 aliphatic rings. The van der Waals surface area contributed by atoms with Gasteiger partial charge in [0.05, 0.1) is 13.5 Å². The van der Waals surface area contributed by atoms with Gasteiger partial charge in [0.2, 0.25) is 5.91 Å². The number of carbonyl (C=O) groups is 1. The number of hydrogen-bond acceptors (Lipinski definition) is 2. The highest BCUT2D eigenvalue weighted by atomic mass is 79.9. The number of nitrogens with one attached hydrogen (secondary N) is 1. The fourth-order valence-electron chi connectivity index (χ4n) is 1.87. The van der Waals surface area contributed by atoms with E-state index >= 15 is 0 Å². The summed E-state index contributed by atoms with van der Waals surface area (Å²) in [5.41, 5.74) is 2.00. The zero-order valence-corrected chi connectivity index (χ0v) is 12.8. The van der Waals surface area contributed by atoms with Crippen LogP contribution in [-0.2, 0) is 17.8 Å². The van der Waals surface area contributed by atoms with Gasteiger partial charge in [-0.05, 0) is 29.3 Å². The highest BCUT2D eigenvalue weighted by Gasteiger charge is 2.05. The Bertz CT molecular complexity index is 599. The smallest absolute Gasteiger partial charge is 0.224 e. The molecule has 4 heteroatoms. The molecule has 3 nitrogen and oxygen atoms in total. The molecule has 0 aliphatic heterocycles. The summed E-state index contributed by atoms with van der Waals surface area (Å²) in [6.45, 7) is 0.518. The summed E-state index contributed by atoms with van der Waals surface area (Å²) in [5.74, 6) is 0.759. The van der Waals surface area contributed by atoms with Gasteiger partial charge in [0.1, 0.15) is 5.75 Å². The van der Waals surface area contributed by atoms with E-state index in [4.69, 9.17) is 4.74 Å². The molecule has 0 aromatic heterocycles. The molecule has 2 aromatic carbocycles. The Morgan fingerprint density at radius 2 is 2.00 bits per heavy atom. The third-order valence-corrected chi connectivity index (χ3v) is 3.71. The SMILES string of the molecule is COc1cccc(CC(=O)NCc2ccccc2Br)c1. The molecule has 20 heavy (non-hydrogen) atoms. The van der Waals surface area contributed by atoms with Crippen molar-refractivity contribution in [1.82, 2.24) is 5.32 Å². The summed E-state index contributed by atoms with van der Waals surface area (Å²) in [4.78, 5) is 11.9. The highest BCUT2D eigenvalue weighted by Crippen LogP contribution is 2.16. The van der Waals surface area contributed by atoms with Crippen LogP contribution in [0.25, 0.3) is 0 Å². The molecule has 0 bridgehead atoms. The van der Waals surface area contributed by atoms with Crippen molar-refractivity contribution in [2.45, 2.75) is 13.0 Å². The highest BCUT2D eigenvalue weighted by molar-refractivity contribution is 9.10. The second-order valence-electron chi connectivity index (χ2n) is 4.40. The maximum atomic E-state index is 11.9. The maximum absolute atomic E-state index is 11.9. The molecule has 2 rings (SSSR count). The van der Waals surface area contributed by atoms with Crippen molar-refractivity contribution in [2.75, 3.05) is 7.11 Å². The quantitative estimate of drug-likeness (QED) is 0.911. The maximum Gasteiger partial charge on any atom is 0.224 e. The molecule has 0 saturated heterocycles. The van der Waals surface area contributed by atoms with Gasteiger partial charge < -0.3 is 10.1 Å². The molecule has 1 N–H and O–H groups in total. The lowest BCUT2D eigenvalue weighted by Gasteiger charge is -2.08. The Labute approximate surface area is 127 Å². The number of halogens is 1. The Hall–Kier alpha value is -1.81. The van der Waals surface area contributed by atoms with Crippen molar-refractivity contribution in [1.29, 1.82) is 0 Å². The zero-order chi connectivity index (χ0) is 14.4. The van der Waals surface area contributed by atoms with E-state index in [-0.39, 0.29) is 5.91 Å². The van der Waals surface area contributed by atoms with Crippen molar-refractivity contribution in [3.63, 3.8) is 0 Å². The molecule has 1 amide bonds. The Morgan fingerprint density at radius 1 is 1.20 bits per heavy atom. The number of carbonyl (C=O) groups excluding carboxylic acids is 1. The topological polar surface area (TPSA) is 38.3 Å². The number of benzene rings is 2. The number of hydrogen-bond donors (Lipinski definition) is 1. The second kappa shape index (κ2) is 7.10. The third-order valence-electron chi connectivity index (χ3n) is 2.93. The Kier molecular flexibility index (Phi) is 5.18. The van der Waals surface area contributed by atoms with Crippen LogP contribution in [0.5, 0.6) is 5.75 Å². The van der Waals surface area contributed by atoms with Crippen molar-refractivity contribution < 1.29 is 9.53 Å². The predicted molar refractivity (Wildman–Crippen MR) is 82.7 cm³/mol. The third kappa shape index (κ3) is 4.10. The minimum atomic E-state index is -0.00555. The normalized spacial score (nSPS) is 10.1. The molecular formula is C16H16BrNO2. The monoisotopic (exact) mass is 333 g/mol. The minimum Gasteiger partial charge on any atom is -0.497 e. The van der Waals surface area contributed by atoms with Crippen LogP contribution in [0, 0.1) is 0 Å². The molecule has 0 saturated carbocycles. The first-order valence-electron chi connectivity index (χ1n) is 6.32. The van der Waals surface area contributed by atoms with Crippen LogP contribution in [0.15, 0.2) is 53.0 Å². The van der Waals surface area contributed by atoms with Gasteiger partial charge in [0, 0.05) is 11.0 Å². The summed E-state index contributed by atoms with van der Waals surface area (Å²) in [6, 6.07) is 15.4. The first kappa shape index (κ1) is 14.6. The van der Waals surface area contributed by atoms with E-state index in [1.807, 2.05) is 48.5 Å². The molecule has 0 spiro atoms. The van der Waals surface area contributed by atoms with E-state index in [0.717, 1.165) is 21.3 Å². The van der Waals surface area contributed by atoms with Crippen molar-refractivity contribution in [2.24, 2.45) is 0 Å². The predicted octanol–water partition coefficient (Wildman–Crippen LogP) is 3.32. The van der Waals surface area contributed by atoms with E-state index in [9.17, 15) is 4.79 Å².